The number of anilines is 1. The Balaban J connectivity index is 1.51. The normalized spacial score (nSPS) is 21.9. The zero-order chi connectivity index (χ0) is 40.6. The van der Waals surface area contributed by atoms with Gasteiger partial charge in [-0.25, -0.2) is 28.6 Å². The van der Waals surface area contributed by atoms with Gasteiger partial charge in [-0.15, -0.1) is 0 Å². The van der Waals surface area contributed by atoms with E-state index in [1.165, 1.54) is 20.8 Å². The molecule has 3 rings (SSSR count). The van der Waals surface area contributed by atoms with E-state index in [2.05, 4.69) is 34.4 Å². The average Bonchev–Trinajstić information content (AvgIpc) is 3.60. The number of hydrogen-bond donors (Lipinski definition) is 9. The van der Waals surface area contributed by atoms with Crippen molar-refractivity contribution >= 4 is 74.9 Å². The number of ether oxygens (including phenoxy) is 1. The lowest BCUT2D eigenvalue weighted by atomic mass is 9.87. The number of ketones is 1. The number of carbonyl (C=O) groups excluding carboxylic acids is 4. The second-order valence-electron chi connectivity index (χ2n) is 12.2. The van der Waals surface area contributed by atoms with E-state index in [4.69, 9.17) is 19.5 Å². The Morgan fingerprint density at radius 3 is 2.41 bits per heavy atom. The number of carbonyl (C=O) groups is 4. The summed E-state index contributed by atoms with van der Waals surface area (Å²) in [6.07, 6.45) is -7.24. The van der Waals surface area contributed by atoms with Gasteiger partial charge in [-0.2, -0.15) is 4.31 Å². The van der Waals surface area contributed by atoms with E-state index in [0.717, 1.165) is 29.0 Å². The highest BCUT2D eigenvalue weighted by Gasteiger charge is 2.50. The number of nitrogens with zero attached hydrogens (tertiary/aromatic N) is 4. The van der Waals surface area contributed by atoms with E-state index in [1.54, 1.807) is 0 Å². The summed E-state index contributed by atoms with van der Waals surface area (Å²) in [5.41, 5.74) is 4.22. The Bertz CT molecular complexity index is 1830. The Labute approximate surface area is 310 Å². The predicted octanol–water partition coefficient (Wildman–Crippen LogP) is -1.36. The van der Waals surface area contributed by atoms with Gasteiger partial charge in [0.1, 0.15) is 42.0 Å². The molecule has 1 fully saturated rings. The molecule has 2 aromatic rings. The monoisotopic (exact) mass is 853 g/mol. The van der Waals surface area contributed by atoms with Gasteiger partial charge >= 0.3 is 23.5 Å². The first kappa shape index (κ1) is 45.6. The Morgan fingerprint density at radius 1 is 1.09 bits per heavy atom. The summed E-state index contributed by atoms with van der Waals surface area (Å²) >= 11 is 0.878. The van der Waals surface area contributed by atoms with Crippen LogP contribution in [0.2, 0.25) is 0 Å². The molecule has 2 aromatic heterocycles. The van der Waals surface area contributed by atoms with Crippen molar-refractivity contribution in [3.05, 3.63) is 12.7 Å². The SMILES string of the molecule is C[14C](=O)CC(=O)SCCNC(=O)CCNC(=O)[C@H](O)C(C)(C)COP(=O)(O)OP(=O)(O)OC[C@H]1O[C@@H](n2cnc3c(N)ncnc32)[C@H](O)[C@@H]1OP(=O)(O)O. The molecular formula is C25H40N7O18P3S. The second-order valence-corrected chi connectivity index (χ2v) is 17.6. The van der Waals surface area contributed by atoms with E-state index in [0.29, 0.717) is 0 Å². The van der Waals surface area contributed by atoms with Crippen LogP contribution in [0.15, 0.2) is 12.7 Å². The summed E-state index contributed by atoms with van der Waals surface area (Å²) in [5.74, 6) is -1.61. The highest BCUT2D eigenvalue weighted by Crippen LogP contribution is 2.61. The number of imidazole rings is 1. The highest BCUT2D eigenvalue weighted by atomic mass is 32.2. The van der Waals surface area contributed by atoms with Crippen molar-refractivity contribution < 1.29 is 85.3 Å². The van der Waals surface area contributed by atoms with Crippen molar-refractivity contribution in [2.24, 2.45) is 5.41 Å². The minimum atomic E-state index is -5.58. The van der Waals surface area contributed by atoms with Crippen LogP contribution < -0.4 is 16.4 Å². The number of fused-ring (bicyclic) bond motifs is 1. The molecule has 2 amide bonds. The van der Waals surface area contributed by atoms with E-state index in [-0.39, 0.29) is 59.6 Å². The molecule has 3 heterocycles. The van der Waals surface area contributed by atoms with Gasteiger partial charge in [0.2, 0.25) is 11.8 Å². The maximum atomic E-state index is 12.6. The third-order valence-corrected chi connectivity index (χ3v) is 11.1. The van der Waals surface area contributed by atoms with Crippen LogP contribution in [0.5, 0.6) is 0 Å². The lowest BCUT2D eigenvalue weighted by Crippen LogP contribution is -2.46. The van der Waals surface area contributed by atoms with Gasteiger partial charge in [-0.1, -0.05) is 25.6 Å². The topological polar surface area (TPSA) is 381 Å². The first-order chi connectivity index (χ1) is 24.9. The molecule has 0 radical (unpaired) electrons. The molecule has 29 heteroatoms. The van der Waals surface area contributed by atoms with Gasteiger partial charge in [-0.3, -0.25) is 37.3 Å². The fraction of sp³-hybridized carbons (Fsp3) is 0.640. The molecule has 0 aromatic carbocycles. The van der Waals surface area contributed by atoms with Crippen molar-refractivity contribution in [2.75, 3.05) is 37.8 Å². The second kappa shape index (κ2) is 18.9. The molecule has 1 aliphatic rings. The quantitative estimate of drug-likeness (QED) is 0.0398. The smallest absolute Gasteiger partial charge is 0.386 e. The molecular weight excluding hydrogens is 813 g/mol. The third-order valence-electron chi connectivity index (χ3n) is 7.16. The third kappa shape index (κ3) is 13.8. The standard InChI is InChI=1S/C25H40N7O18P3S/c1-13(33)8-16(35)54-7-6-27-15(34)4-5-28-23(38)20(37)25(2,3)10-47-53(44,45)50-52(42,43)46-9-14-19(49-51(39,40)41)18(36)24(48-14)32-12-31-17-21(26)29-11-30-22(17)32/h11-12,14,18-20,24,36-37H,4-10H2,1-3H3,(H,27,34)(H,28,38)(H,42,43)(H,44,45)(H2,26,29,30)(H2,39,40,41)/t14-,18-,19-,20+,24-/m1/s1/i13+2. The zero-order valence-corrected chi connectivity index (χ0v) is 32.2. The molecule has 0 bridgehead atoms. The number of aliphatic hydroxyl groups is 2. The first-order valence-electron chi connectivity index (χ1n) is 15.5. The number of thioether (sulfide) groups is 1. The van der Waals surface area contributed by atoms with E-state index >= 15 is 0 Å². The molecule has 1 aliphatic heterocycles. The van der Waals surface area contributed by atoms with Crippen molar-refractivity contribution in [3.8, 4) is 0 Å². The number of amides is 2. The van der Waals surface area contributed by atoms with Crippen molar-refractivity contribution in [2.45, 2.75) is 64.3 Å². The zero-order valence-electron chi connectivity index (χ0n) is 28.7. The fourth-order valence-electron chi connectivity index (χ4n) is 4.55. The van der Waals surface area contributed by atoms with E-state index in [9.17, 15) is 62.7 Å². The molecule has 25 nitrogen and oxygen atoms in total. The summed E-state index contributed by atoms with van der Waals surface area (Å²) in [5, 5.41) is 25.8. The van der Waals surface area contributed by atoms with Crippen LogP contribution in [0.25, 0.3) is 11.2 Å². The summed E-state index contributed by atoms with van der Waals surface area (Å²) in [4.78, 5) is 97.7. The fourth-order valence-corrected chi connectivity index (χ4v) is 8.12. The maximum Gasteiger partial charge on any atom is 0.481 e. The van der Waals surface area contributed by atoms with Crippen LogP contribution in [0.4, 0.5) is 5.82 Å². The number of nitrogen functional groups attached to an aromatic ring is 1. The van der Waals surface area contributed by atoms with Crippen LogP contribution >= 0.6 is 35.2 Å². The van der Waals surface area contributed by atoms with Crippen LogP contribution in [0.1, 0.15) is 39.8 Å². The Kier molecular flexibility index (Phi) is 16.0. The molecule has 54 heavy (non-hydrogen) atoms. The largest absolute Gasteiger partial charge is 0.481 e. The lowest BCUT2D eigenvalue weighted by molar-refractivity contribution is -0.137. The number of Topliss-reactive ketones (excluding diaryl/α,β-unsaturated/α-hetero) is 1. The predicted molar refractivity (Wildman–Crippen MR) is 182 cm³/mol. The molecule has 0 saturated carbocycles. The molecule has 10 N–H and O–H groups in total. The Morgan fingerprint density at radius 2 is 1.76 bits per heavy atom. The number of aromatic nitrogens is 4. The van der Waals surface area contributed by atoms with Crippen LogP contribution in [-0.4, -0.2) is 128 Å². The van der Waals surface area contributed by atoms with Gasteiger partial charge in [-0.05, 0) is 6.92 Å². The lowest BCUT2D eigenvalue weighted by Gasteiger charge is -2.30. The van der Waals surface area contributed by atoms with Gasteiger partial charge in [0, 0.05) is 30.7 Å². The molecule has 2 unspecified atom stereocenters. The summed E-state index contributed by atoms with van der Waals surface area (Å²) < 4.78 is 61.9. The average molecular weight is 854 g/mol. The molecule has 0 aliphatic carbocycles. The molecule has 7 atom stereocenters. The van der Waals surface area contributed by atoms with E-state index in [1.807, 2.05) is 0 Å². The maximum absolute atomic E-state index is 12.6. The summed E-state index contributed by atoms with van der Waals surface area (Å²) in [6.45, 7) is 1.58. The molecule has 1 saturated heterocycles. The van der Waals surface area contributed by atoms with Crippen LogP contribution in [0, 0.1) is 5.41 Å². The number of phosphoric acid groups is 3. The summed E-state index contributed by atoms with van der Waals surface area (Å²) in [6, 6.07) is 0. The Hall–Kier alpha value is -2.77. The van der Waals surface area contributed by atoms with Crippen LogP contribution in [-0.2, 0) is 55.5 Å². The van der Waals surface area contributed by atoms with Gasteiger partial charge in [0.15, 0.2) is 22.8 Å². The van der Waals surface area contributed by atoms with Gasteiger partial charge in [0.05, 0.1) is 26.0 Å². The van der Waals surface area contributed by atoms with E-state index < -0.39 is 84.6 Å². The summed E-state index contributed by atoms with van der Waals surface area (Å²) in [7, 11) is -16.4. The number of rotatable bonds is 21. The number of hydrogen-bond acceptors (Lipinski definition) is 19. The highest BCUT2D eigenvalue weighted by molar-refractivity contribution is 8.13. The van der Waals surface area contributed by atoms with Crippen molar-refractivity contribution in [1.29, 1.82) is 0 Å². The minimum Gasteiger partial charge on any atom is -0.386 e. The molecule has 0 spiro atoms. The number of nitrogens with two attached hydrogens (primary N) is 1. The van der Waals surface area contributed by atoms with Gasteiger partial charge in [0.25, 0.3) is 0 Å². The first-order valence-corrected chi connectivity index (χ1v) is 21.0. The van der Waals surface area contributed by atoms with Gasteiger partial charge < -0.3 is 50.9 Å². The number of nitrogens with one attached hydrogen (secondary N) is 2. The van der Waals surface area contributed by atoms with Crippen molar-refractivity contribution in [3.63, 3.8) is 0 Å². The molecule has 304 valence electrons. The number of aliphatic hydroxyl groups excluding tert-OH is 2. The van der Waals surface area contributed by atoms with Crippen LogP contribution in [0.3, 0.4) is 0 Å². The minimum absolute atomic E-state index is 0.0240. The van der Waals surface area contributed by atoms with Crippen molar-refractivity contribution in [1.82, 2.24) is 30.2 Å². The number of phosphoric ester groups is 3.